The second-order valence-corrected chi connectivity index (χ2v) is 8.08. The van der Waals surface area contributed by atoms with Gasteiger partial charge in [0.25, 0.3) is 5.91 Å². The Morgan fingerprint density at radius 2 is 1.90 bits per heavy atom. The second kappa shape index (κ2) is 11.2. The first-order valence-corrected chi connectivity index (χ1v) is 10.2. The van der Waals surface area contributed by atoms with Gasteiger partial charge in [0.2, 0.25) is 0 Å². The van der Waals surface area contributed by atoms with Crippen LogP contribution in [0.4, 0.5) is 4.39 Å². The standard InChI is InChI=1S/C20H24FN3O2S.2ClH/c21-17-4-2-1-3-16(17)19-6-5-15(27-19)14-23-8-10-24(11-9-23)20(25)18-13-22-7-12-26-18;;/h1-6,18,22H,7-14H2;2*1H. The van der Waals surface area contributed by atoms with Crippen molar-refractivity contribution >= 4 is 42.1 Å². The van der Waals surface area contributed by atoms with Gasteiger partial charge in [0, 0.05) is 61.1 Å². The molecule has 1 atom stereocenters. The number of carbonyl (C=O) groups excluding carboxylic acids is 1. The van der Waals surface area contributed by atoms with Crippen LogP contribution >= 0.6 is 36.2 Å². The summed E-state index contributed by atoms with van der Waals surface area (Å²) in [5, 5.41) is 3.21. The predicted molar refractivity (Wildman–Crippen MR) is 119 cm³/mol. The molecule has 2 aliphatic rings. The highest BCUT2D eigenvalue weighted by Gasteiger charge is 2.29. The number of piperazine rings is 1. The SMILES string of the molecule is Cl.Cl.O=C(C1CNCCO1)N1CCN(Cc2ccc(-c3ccccc3F)s2)CC1. The van der Waals surface area contributed by atoms with Gasteiger partial charge in [0.15, 0.2) is 0 Å². The van der Waals surface area contributed by atoms with Crippen LogP contribution in [0.25, 0.3) is 10.4 Å². The molecule has 2 saturated heterocycles. The van der Waals surface area contributed by atoms with Crippen molar-refractivity contribution in [3.05, 3.63) is 47.1 Å². The highest BCUT2D eigenvalue weighted by molar-refractivity contribution is 7.15. The van der Waals surface area contributed by atoms with Gasteiger partial charge in [0.1, 0.15) is 11.9 Å². The summed E-state index contributed by atoms with van der Waals surface area (Å²) in [5.41, 5.74) is 0.658. The molecule has 2 aliphatic heterocycles. The molecule has 0 spiro atoms. The molecule has 9 heteroatoms. The monoisotopic (exact) mass is 461 g/mol. The molecule has 1 amide bonds. The third-order valence-electron chi connectivity index (χ3n) is 5.07. The van der Waals surface area contributed by atoms with Crippen LogP contribution in [0.2, 0.25) is 0 Å². The van der Waals surface area contributed by atoms with Crippen LogP contribution in [0.1, 0.15) is 4.88 Å². The van der Waals surface area contributed by atoms with Crippen LogP contribution in [0, 0.1) is 5.82 Å². The van der Waals surface area contributed by atoms with Crippen LogP contribution in [-0.2, 0) is 16.1 Å². The first-order valence-electron chi connectivity index (χ1n) is 9.38. The molecule has 0 bridgehead atoms. The number of carbonyl (C=O) groups is 1. The van der Waals surface area contributed by atoms with Crippen molar-refractivity contribution in [2.75, 3.05) is 45.9 Å². The van der Waals surface area contributed by atoms with Crippen molar-refractivity contribution < 1.29 is 13.9 Å². The molecular weight excluding hydrogens is 436 g/mol. The van der Waals surface area contributed by atoms with Crippen molar-refractivity contribution in [1.82, 2.24) is 15.1 Å². The Bertz CT molecular complexity index is 794. The molecule has 0 saturated carbocycles. The Hall–Kier alpha value is -1.22. The highest BCUT2D eigenvalue weighted by Crippen LogP contribution is 2.30. The summed E-state index contributed by atoms with van der Waals surface area (Å²) >= 11 is 1.63. The molecule has 0 aliphatic carbocycles. The van der Waals surface area contributed by atoms with Gasteiger partial charge in [-0.15, -0.1) is 36.2 Å². The summed E-state index contributed by atoms with van der Waals surface area (Å²) in [4.78, 5) is 19.0. The van der Waals surface area contributed by atoms with Gasteiger partial charge >= 0.3 is 0 Å². The molecule has 160 valence electrons. The lowest BCUT2D eigenvalue weighted by Gasteiger charge is -2.36. The summed E-state index contributed by atoms with van der Waals surface area (Å²) in [6.07, 6.45) is -0.342. The minimum atomic E-state index is -0.342. The van der Waals surface area contributed by atoms with Crippen LogP contribution in [-0.4, -0.2) is 67.7 Å². The van der Waals surface area contributed by atoms with E-state index < -0.39 is 0 Å². The summed E-state index contributed by atoms with van der Waals surface area (Å²) in [7, 11) is 0. The Kier molecular flexibility index (Phi) is 9.33. The Morgan fingerprint density at radius 1 is 1.14 bits per heavy atom. The molecule has 2 aromatic rings. The maximum absolute atomic E-state index is 14.0. The van der Waals surface area contributed by atoms with Gasteiger partial charge in [-0.2, -0.15) is 0 Å². The number of morpholine rings is 1. The van der Waals surface area contributed by atoms with Gasteiger partial charge in [-0.1, -0.05) is 18.2 Å². The van der Waals surface area contributed by atoms with Gasteiger partial charge < -0.3 is 15.0 Å². The lowest BCUT2D eigenvalue weighted by Crippen LogP contribution is -2.54. The average molecular weight is 462 g/mol. The predicted octanol–water partition coefficient (Wildman–Crippen LogP) is 3.03. The van der Waals surface area contributed by atoms with E-state index in [2.05, 4.69) is 16.3 Å². The van der Waals surface area contributed by atoms with Crippen molar-refractivity contribution in [1.29, 1.82) is 0 Å². The number of ether oxygens (including phenoxy) is 1. The molecule has 29 heavy (non-hydrogen) atoms. The van der Waals surface area contributed by atoms with E-state index in [1.165, 1.54) is 10.9 Å². The Balaban J connectivity index is 0.00000150. The first-order chi connectivity index (χ1) is 13.2. The van der Waals surface area contributed by atoms with Crippen LogP contribution < -0.4 is 5.32 Å². The van der Waals surface area contributed by atoms with E-state index in [4.69, 9.17) is 4.74 Å². The number of rotatable bonds is 4. The molecule has 2 fully saturated rings. The zero-order chi connectivity index (χ0) is 18.6. The normalized spacial score (nSPS) is 19.9. The fraction of sp³-hybridized carbons (Fsp3) is 0.450. The smallest absolute Gasteiger partial charge is 0.253 e. The largest absolute Gasteiger partial charge is 0.366 e. The van der Waals surface area contributed by atoms with E-state index in [-0.39, 0.29) is 42.6 Å². The first kappa shape index (κ1) is 24.1. The third kappa shape index (κ3) is 5.90. The van der Waals surface area contributed by atoms with E-state index in [0.717, 1.165) is 44.1 Å². The molecule has 1 aromatic heterocycles. The minimum Gasteiger partial charge on any atom is -0.366 e. The Morgan fingerprint density at radius 3 is 2.59 bits per heavy atom. The molecule has 5 nitrogen and oxygen atoms in total. The number of nitrogens with one attached hydrogen (secondary N) is 1. The van der Waals surface area contributed by atoms with Crippen molar-refractivity contribution in [3.63, 3.8) is 0 Å². The lowest BCUT2D eigenvalue weighted by atomic mass is 10.2. The topological polar surface area (TPSA) is 44.8 Å². The maximum atomic E-state index is 14.0. The van der Waals surface area contributed by atoms with E-state index in [0.29, 0.717) is 18.7 Å². The molecule has 0 radical (unpaired) electrons. The maximum Gasteiger partial charge on any atom is 0.253 e. The van der Waals surface area contributed by atoms with Crippen molar-refractivity contribution in [3.8, 4) is 10.4 Å². The lowest BCUT2D eigenvalue weighted by molar-refractivity contribution is -0.147. The Labute approximate surface area is 187 Å². The average Bonchev–Trinajstić information content (AvgIpc) is 3.17. The summed E-state index contributed by atoms with van der Waals surface area (Å²) in [5.74, 6) is -0.0859. The minimum absolute atomic E-state index is 0. The molecular formula is C20H26Cl2FN3O2S. The fourth-order valence-corrected chi connectivity index (χ4v) is 4.62. The number of hydrogen-bond donors (Lipinski definition) is 1. The molecule has 1 N–H and O–H groups in total. The summed E-state index contributed by atoms with van der Waals surface area (Å²) < 4.78 is 19.5. The van der Waals surface area contributed by atoms with E-state index in [1.54, 1.807) is 17.4 Å². The van der Waals surface area contributed by atoms with Gasteiger partial charge in [0.05, 0.1) is 6.61 Å². The fourth-order valence-electron chi connectivity index (χ4n) is 3.54. The number of thiophene rings is 1. The van der Waals surface area contributed by atoms with E-state index in [9.17, 15) is 9.18 Å². The highest BCUT2D eigenvalue weighted by atomic mass is 35.5. The van der Waals surface area contributed by atoms with Gasteiger partial charge in [-0.25, -0.2) is 4.39 Å². The van der Waals surface area contributed by atoms with Gasteiger partial charge in [-0.05, 0) is 18.2 Å². The number of nitrogens with zero attached hydrogens (tertiary/aromatic N) is 2. The second-order valence-electron chi connectivity index (χ2n) is 6.91. The van der Waals surface area contributed by atoms with E-state index in [1.807, 2.05) is 23.1 Å². The van der Waals surface area contributed by atoms with Crippen molar-refractivity contribution in [2.24, 2.45) is 0 Å². The van der Waals surface area contributed by atoms with Crippen molar-refractivity contribution in [2.45, 2.75) is 12.6 Å². The molecule has 1 unspecified atom stereocenters. The molecule has 1 aromatic carbocycles. The summed E-state index contributed by atoms with van der Waals surface area (Å²) in [6.45, 7) is 5.99. The molecule has 3 heterocycles. The van der Waals surface area contributed by atoms with Crippen LogP contribution in [0.5, 0.6) is 0 Å². The van der Waals surface area contributed by atoms with Gasteiger partial charge in [-0.3, -0.25) is 9.69 Å². The number of halogens is 3. The quantitative estimate of drug-likeness (QED) is 0.759. The number of hydrogen-bond acceptors (Lipinski definition) is 5. The molecule has 4 rings (SSSR count). The summed E-state index contributed by atoms with van der Waals surface area (Å²) in [6, 6.07) is 11.0. The van der Waals surface area contributed by atoms with E-state index >= 15 is 0 Å². The zero-order valence-corrected chi connectivity index (χ0v) is 18.5. The number of benzene rings is 1. The third-order valence-corrected chi connectivity index (χ3v) is 6.17. The zero-order valence-electron chi connectivity index (χ0n) is 16.0. The van der Waals surface area contributed by atoms with Crippen LogP contribution in [0.3, 0.4) is 0 Å². The number of amides is 1. The van der Waals surface area contributed by atoms with Crippen LogP contribution in [0.15, 0.2) is 36.4 Å².